The maximum Gasteiger partial charge on any atom is 0.367 e. The van der Waals surface area contributed by atoms with Crippen molar-refractivity contribution in [1.29, 1.82) is 0 Å². The van der Waals surface area contributed by atoms with E-state index >= 15 is 0 Å². The second kappa shape index (κ2) is 5.19. The first-order chi connectivity index (χ1) is 8.70. The molecule has 0 bridgehead atoms. The Labute approximate surface area is 105 Å². The molecule has 0 spiro atoms. The number of nitrogens with zero attached hydrogens (tertiary/aromatic N) is 1. The molecule has 0 aliphatic carbocycles. The molecule has 4 heteroatoms. The summed E-state index contributed by atoms with van der Waals surface area (Å²) in [6.45, 7) is 1.93. The number of ether oxygens (including phenoxy) is 1. The molecule has 2 rings (SSSR count). The van der Waals surface area contributed by atoms with Crippen LogP contribution in [-0.4, -0.2) is 18.3 Å². The summed E-state index contributed by atoms with van der Waals surface area (Å²) in [5.74, 6) is 2.61. The van der Waals surface area contributed by atoms with Gasteiger partial charge in [-0.1, -0.05) is 23.2 Å². The quantitative estimate of drug-likeness (QED) is 0.462. The molecule has 0 fully saturated rings. The highest BCUT2D eigenvalue weighted by molar-refractivity contribution is 6.24. The van der Waals surface area contributed by atoms with Crippen LogP contribution in [0.4, 0.5) is 0 Å². The average molecular weight is 241 g/mol. The van der Waals surface area contributed by atoms with E-state index in [0.29, 0.717) is 17.0 Å². The molecule has 1 heterocycles. The fraction of sp³-hybridized carbons (Fsp3) is 0.143. The third kappa shape index (κ3) is 2.58. The third-order valence-electron chi connectivity index (χ3n) is 2.37. The molecule has 1 aromatic rings. The molecular weight excluding hydrogens is 230 g/mol. The maximum atomic E-state index is 11.4. The standard InChI is InChI=1S/C14H11NO3/c1-3-7-17-12-6-4-5-11(8-12)9-13-10(2)15-18-14(13)16/h1,4-6,8-9H,7H2,2H3/b13-9+. The minimum Gasteiger partial charge on any atom is -0.481 e. The zero-order valence-corrected chi connectivity index (χ0v) is 9.84. The monoisotopic (exact) mass is 241 g/mol. The Balaban J connectivity index is 2.24. The lowest BCUT2D eigenvalue weighted by atomic mass is 10.1. The van der Waals surface area contributed by atoms with Crippen LogP contribution < -0.4 is 4.74 Å². The summed E-state index contributed by atoms with van der Waals surface area (Å²) < 4.78 is 5.30. The Bertz CT molecular complexity index is 579. The summed E-state index contributed by atoms with van der Waals surface area (Å²) in [4.78, 5) is 16.0. The predicted molar refractivity (Wildman–Crippen MR) is 67.9 cm³/mol. The van der Waals surface area contributed by atoms with Crippen molar-refractivity contribution in [1.82, 2.24) is 0 Å². The molecule has 0 unspecified atom stereocenters. The summed E-state index contributed by atoms with van der Waals surface area (Å²) in [5.41, 5.74) is 1.84. The van der Waals surface area contributed by atoms with Crippen molar-refractivity contribution < 1.29 is 14.4 Å². The van der Waals surface area contributed by atoms with Crippen molar-refractivity contribution in [3.05, 3.63) is 35.4 Å². The van der Waals surface area contributed by atoms with Crippen molar-refractivity contribution in [3.63, 3.8) is 0 Å². The van der Waals surface area contributed by atoms with Gasteiger partial charge < -0.3 is 9.57 Å². The molecule has 0 amide bonds. The van der Waals surface area contributed by atoms with Gasteiger partial charge in [0.2, 0.25) is 0 Å². The molecule has 18 heavy (non-hydrogen) atoms. The van der Waals surface area contributed by atoms with Gasteiger partial charge >= 0.3 is 5.97 Å². The highest BCUT2D eigenvalue weighted by Crippen LogP contribution is 2.19. The SMILES string of the molecule is C#CCOc1cccc(/C=C2/C(=O)ON=C2C)c1. The highest BCUT2D eigenvalue weighted by Gasteiger charge is 2.21. The molecule has 1 aromatic carbocycles. The van der Waals surface area contributed by atoms with E-state index in [1.165, 1.54) is 0 Å². The van der Waals surface area contributed by atoms with Crippen molar-refractivity contribution in [2.75, 3.05) is 6.61 Å². The Morgan fingerprint density at radius 1 is 1.56 bits per heavy atom. The van der Waals surface area contributed by atoms with Crippen LogP contribution in [0.3, 0.4) is 0 Å². The van der Waals surface area contributed by atoms with Gasteiger partial charge in [0.25, 0.3) is 0 Å². The van der Waals surface area contributed by atoms with Crippen LogP contribution in [0.15, 0.2) is 35.0 Å². The number of rotatable bonds is 3. The fourth-order valence-corrected chi connectivity index (χ4v) is 1.51. The van der Waals surface area contributed by atoms with Crippen LogP contribution in [0.5, 0.6) is 5.75 Å². The lowest BCUT2D eigenvalue weighted by Gasteiger charge is -2.03. The third-order valence-corrected chi connectivity index (χ3v) is 2.37. The van der Waals surface area contributed by atoms with E-state index in [1.54, 1.807) is 25.1 Å². The van der Waals surface area contributed by atoms with Crippen LogP contribution in [0, 0.1) is 12.3 Å². The van der Waals surface area contributed by atoms with Crippen LogP contribution in [-0.2, 0) is 9.63 Å². The number of terminal acetylenes is 1. The summed E-state index contributed by atoms with van der Waals surface area (Å²) in [6.07, 6.45) is 6.82. The van der Waals surface area contributed by atoms with Crippen LogP contribution in [0.2, 0.25) is 0 Å². The zero-order chi connectivity index (χ0) is 13.0. The number of hydrogen-bond acceptors (Lipinski definition) is 4. The van der Waals surface area contributed by atoms with Crippen molar-refractivity contribution >= 4 is 17.8 Å². The Kier molecular flexibility index (Phi) is 3.44. The van der Waals surface area contributed by atoms with E-state index in [2.05, 4.69) is 15.9 Å². The van der Waals surface area contributed by atoms with Gasteiger partial charge in [-0.15, -0.1) is 6.42 Å². The molecular formula is C14H11NO3. The van der Waals surface area contributed by atoms with E-state index in [1.807, 2.05) is 12.1 Å². The summed E-state index contributed by atoms with van der Waals surface area (Å²) in [7, 11) is 0. The van der Waals surface area contributed by atoms with Gasteiger partial charge in [-0.25, -0.2) is 4.79 Å². The minimum atomic E-state index is -0.442. The first kappa shape index (κ1) is 11.9. The summed E-state index contributed by atoms with van der Waals surface area (Å²) in [6, 6.07) is 7.27. The minimum absolute atomic E-state index is 0.211. The maximum absolute atomic E-state index is 11.4. The van der Waals surface area contributed by atoms with Crippen LogP contribution in [0.25, 0.3) is 6.08 Å². The Morgan fingerprint density at radius 3 is 3.06 bits per heavy atom. The molecule has 0 radical (unpaired) electrons. The molecule has 0 saturated heterocycles. The first-order valence-corrected chi connectivity index (χ1v) is 5.35. The van der Waals surface area contributed by atoms with E-state index in [4.69, 9.17) is 11.2 Å². The van der Waals surface area contributed by atoms with Gasteiger partial charge in [0, 0.05) is 0 Å². The first-order valence-electron chi connectivity index (χ1n) is 5.35. The summed E-state index contributed by atoms with van der Waals surface area (Å²) in [5, 5.41) is 3.61. The number of oxime groups is 1. The van der Waals surface area contributed by atoms with Crippen molar-refractivity contribution in [2.45, 2.75) is 6.92 Å². The molecule has 1 aliphatic rings. The van der Waals surface area contributed by atoms with Gasteiger partial charge in [-0.3, -0.25) is 0 Å². The molecule has 4 nitrogen and oxygen atoms in total. The van der Waals surface area contributed by atoms with Crippen LogP contribution >= 0.6 is 0 Å². The lowest BCUT2D eigenvalue weighted by molar-refractivity contribution is -0.136. The zero-order valence-electron chi connectivity index (χ0n) is 9.84. The van der Waals surface area contributed by atoms with E-state index < -0.39 is 5.97 Å². The van der Waals surface area contributed by atoms with Gasteiger partial charge in [0.05, 0.1) is 11.3 Å². The predicted octanol–water partition coefficient (Wildman–Crippen LogP) is 2.01. The largest absolute Gasteiger partial charge is 0.481 e. The highest BCUT2D eigenvalue weighted by atomic mass is 16.7. The van der Waals surface area contributed by atoms with Gasteiger partial charge in [0.15, 0.2) is 0 Å². The number of benzene rings is 1. The normalized spacial score (nSPS) is 16.1. The van der Waals surface area contributed by atoms with E-state index in [0.717, 1.165) is 5.56 Å². The molecule has 0 N–H and O–H groups in total. The van der Waals surface area contributed by atoms with Crippen molar-refractivity contribution in [2.24, 2.45) is 5.16 Å². The van der Waals surface area contributed by atoms with Crippen LogP contribution in [0.1, 0.15) is 12.5 Å². The Hall–Kier alpha value is -2.54. The molecule has 0 atom stereocenters. The molecule has 90 valence electrons. The average Bonchev–Trinajstić information content (AvgIpc) is 2.69. The molecule has 0 saturated carbocycles. The van der Waals surface area contributed by atoms with Gasteiger partial charge in [-0.2, -0.15) is 0 Å². The number of carbonyl (C=O) groups excluding carboxylic acids is 1. The molecule has 1 aliphatic heterocycles. The van der Waals surface area contributed by atoms with Gasteiger partial charge in [0.1, 0.15) is 12.4 Å². The number of carbonyl (C=O) groups is 1. The lowest BCUT2D eigenvalue weighted by Crippen LogP contribution is -2.01. The molecule has 0 aromatic heterocycles. The smallest absolute Gasteiger partial charge is 0.367 e. The number of hydrogen-bond donors (Lipinski definition) is 0. The van der Waals surface area contributed by atoms with Crippen molar-refractivity contribution in [3.8, 4) is 18.1 Å². The Morgan fingerprint density at radius 2 is 2.39 bits per heavy atom. The second-order valence-corrected chi connectivity index (χ2v) is 3.68. The van der Waals surface area contributed by atoms with E-state index in [-0.39, 0.29) is 6.61 Å². The second-order valence-electron chi connectivity index (χ2n) is 3.68. The van der Waals surface area contributed by atoms with E-state index in [9.17, 15) is 4.79 Å². The summed E-state index contributed by atoms with van der Waals surface area (Å²) >= 11 is 0. The van der Waals surface area contributed by atoms with Gasteiger partial charge in [-0.05, 0) is 30.7 Å². The topological polar surface area (TPSA) is 47.9 Å². The fourth-order valence-electron chi connectivity index (χ4n) is 1.51.